The van der Waals surface area contributed by atoms with Crippen LogP contribution in [0.3, 0.4) is 0 Å². The topological polar surface area (TPSA) is 123 Å². The summed E-state index contributed by atoms with van der Waals surface area (Å²) in [6.07, 6.45) is 4.91. The number of rotatable bonds is 8. The number of nitrogens with zero attached hydrogens (tertiary/aromatic N) is 5. The number of aromatic nitrogens is 3. The molecule has 2 aliphatic heterocycles. The summed E-state index contributed by atoms with van der Waals surface area (Å²) in [5.74, 6) is 1.43. The molecular weight excluding hydrogens is 544 g/mol. The second kappa shape index (κ2) is 11.1. The van der Waals surface area contributed by atoms with E-state index in [4.69, 9.17) is 15.5 Å². The van der Waals surface area contributed by atoms with Gasteiger partial charge in [-0.2, -0.15) is 0 Å². The highest BCUT2D eigenvalue weighted by Crippen LogP contribution is 2.39. The van der Waals surface area contributed by atoms with E-state index in [-0.39, 0.29) is 18.0 Å². The fraction of sp³-hybridized carbons (Fsp3) is 0.469. The van der Waals surface area contributed by atoms with Gasteiger partial charge in [0.2, 0.25) is 0 Å². The molecule has 4 N–H and O–H groups in total. The summed E-state index contributed by atoms with van der Waals surface area (Å²) in [7, 11) is 3.64. The van der Waals surface area contributed by atoms with Crippen LogP contribution in [0.1, 0.15) is 42.5 Å². The number of urea groups is 1. The summed E-state index contributed by atoms with van der Waals surface area (Å²) in [6, 6.07) is 12.7. The number of aryl methyl sites for hydroxylation is 1. The van der Waals surface area contributed by atoms with Crippen molar-refractivity contribution in [2.24, 2.45) is 12.8 Å². The highest BCUT2D eigenvalue weighted by Gasteiger charge is 2.28. The fourth-order valence-electron chi connectivity index (χ4n) is 6.68. The number of fused-ring (bicyclic) bond motifs is 1. The number of nitrogens with two attached hydrogens (primary N) is 1. The number of methoxy groups -OCH3 is 1. The van der Waals surface area contributed by atoms with E-state index in [0.29, 0.717) is 37.0 Å². The lowest BCUT2D eigenvalue weighted by Crippen LogP contribution is -2.45. The molecule has 43 heavy (non-hydrogen) atoms. The average molecular weight is 585 g/mol. The molecule has 1 aliphatic carbocycles. The van der Waals surface area contributed by atoms with Crippen molar-refractivity contribution in [2.45, 2.75) is 50.7 Å². The van der Waals surface area contributed by atoms with Gasteiger partial charge in [-0.3, -0.25) is 4.79 Å². The van der Waals surface area contributed by atoms with Crippen molar-refractivity contribution in [2.75, 3.05) is 44.7 Å². The molecule has 0 unspecified atom stereocenters. The Kier molecular flexibility index (Phi) is 7.12. The lowest BCUT2D eigenvalue weighted by atomic mass is 10.0. The standard InChI is InChI=1S/C32H40N8O3/c1-37-29-24(16-21(18-27(29)43-2)31(41)39-12-4-7-22(33)19-39)36-30(37)26-17-20-6-3-8-25-28(20)40(26)15-14-38(25)13-5-11-34-32(42)35-23-9-10-23/h3,6,8,16-18,22-23H,4-5,7,9-15,19,33H2,1-2H3,(H2,34,35,42)/t22-/m1/s1. The number of amides is 3. The molecule has 11 nitrogen and oxygen atoms in total. The second-order valence-corrected chi connectivity index (χ2v) is 12.1. The van der Waals surface area contributed by atoms with E-state index in [2.05, 4.69) is 48.9 Å². The molecule has 2 fully saturated rings. The molecule has 2 aromatic heterocycles. The van der Waals surface area contributed by atoms with Crippen LogP contribution in [0, 0.1) is 0 Å². The SMILES string of the molecule is COc1cc(C(=O)N2CCC[C@@H](N)C2)cc2nc(-c3cc4cccc5c4n3CCN5CCCNC(=O)NC3CC3)n(C)c12. The number of nitrogens with one attached hydrogen (secondary N) is 2. The van der Waals surface area contributed by atoms with E-state index in [1.165, 1.54) is 11.2 Å². The van der Waals surface area contributed by atoms with E-state index >= 15 is 0 Å². The van der Waals surface area contributed by atoms with E-state index < -0.39 is 0 Å². The number of benzene rings is 2. The molecule has 4 heterocycles. The summed E-state index contributed by atoms with van der Waals surface area (Å²) in [6.45, 7) is 4.49. The lowest BCUT2D eigenvalue weighted by Gasteiger charge is -2.31. The van der Waals surface area contributed by atoms with Crippen molar-refractivity contribution in [3.63, 3.8) is 0 Å². The van der Waals surface area contributed by atoms with Gasteiger partial charge in [-0.15, -0.1) is 0 Å². The number of piperidine rings is 1. The Morgan fingerprint density at radius 2 is 1.95 bits per heavy atom. The number of carbonyl (C=O) groups is 2. The summed E-state index contributed by atoms with van der Waals surface area (Å²) >= 11 is 0. The van der Waals surface area contributed by atoms with Gasteiger partial charge in [-0.1, -0.05) is 12.1 Å². The van der Waals surface area contributed by atoms with Gasteiger partial charge < -0.3 is 40.0 Å². The quantitative estimate of drug-likeness (QED) is 0.273. The number of anilines is 1. The molecule has 226 valence electrons. The Bertz CT molecular complexity index is 1700. The summed E-state index contributed by atoms with van der Waals surface area (Å²) < 4.78 is 10.2. The van der Waals surface area contributed by atoms with Gasteiger partial charge >= 0.3 is 6.03 Å². The van der Waals surface area contributed by atoms with Crippen molar-refractivity contribution in [1.29, 1.82) is 0 Å². The maximum absolute atomic E-state index is 13.4. The van der Waals surface area contributed by atoms with Crippen molar-refractivity contribution < 1.29 is 14.3 Å². The molecule has 3 aliphatic rings. The molecular formula is C32H40N8O3. The molecule has 3 amide bonds. The van der Waals surface area contributed by atoms with Gasteiger partial charge in [0.05, 0.1) is 29.5 Å². The third-order valence-electron chi connectivity index (χ3n) is 9.01. The fourth-order valence-corrected chi connectivity index (χ4v) is 6.68. The van der Waals surface area contributed by atoms with E-state index in [9.17, 15) is 9.59 Å². The second-order valence-electron chi connectivity index (χ2n) is 12.1. The zero-order valence-electron chi connectivity index (χ0n) is 24.9. The minimum absolute atomic E-state index is 0.0150. The van der Waals surface area contributed by atoms with Crippen molar-refractivity contribution >= 4 is 39.6 Å². The summed E-state index contributed by atoms with van der Waals surface area (Å²) in [5, 5.41) is 7.13. The normalized spacial score (nSPS) is 18.3. The van der Waals surface area contributed by atoms with Crippen molar-refractivity contribution in [3.05, 3.63) is 42.0 Å². The van der Waals surface area contributed by atoms with Crippen LogP contribution in [0.25, 0.3) is 33.5 Å². The number of imidazole rings is 1. The van der Waals surface area contributed by atoms with Gasteiger partial charge in [0, 0.05) is 69.3 Å². The first-order valence-corrected chi connectivity index (χ1v) is 15.4. The first-order chi connectivity index (χ1) is 20.9. The van der Waals surface area contributed by atoms with Crippen LogP contribution in [0.5, 0.6) is 5.75 Å². The minimum atomic E-state index is -0.0620. The first-order valence-electron chi connectivity index (χ1n) is 15.4. The van der Waals surface area contributed by atoms with Crippen LogP contribution >= 0.6 is 0 Å². The molecule has 4 aromatic rings. The zero-order chi connectivity index (χ0) is 29.7. The first kappa shape index (κ1) is 27.6. The van der Waals surface area contributed by atoms with Crippen molar-refractivity contribution in [1.82, 2.24) is 29.7 Å². The highest BCUT2D eigenvalue weighted by atomic mass is 16.5. The third kappa shape index (κ3) is 5.15. The highest BCUT2D eigenvalue weighted by molar-refractivity contribution is 6.01. The van der Waals surface area contributed by atoms with E-state index in [1.807, 2.05) is 24.1 Å². The van der Waals surface area contributed by atoms with Gasteiger partial charge in [-0.05, 0) is 56.4 Å². The van der Waals surface area contributed by atoms with Gasteiger partial charge in [0.15, 0.2) is 5.82 Å². The number of hydrogen-bond acceptors (Lipinski definition) is 6. The predicted octanol–water partition coefficient (Wildman–Crippen LogP) is 3.44. The number of para-hydroxylation sites is 1. The smallest absolute Gasteiger partial charge is 0.315 e. The molecule has 11 heteroatoms. The monoisotopic (exact) mass is 584 g/mol. The zero-order valence-corrected chi connectivity index (χ0v) is 24.9. The molecule has 0 spiro atoms. The predicted molar refractivity (Wildman–Crippen MR) is 168 cm³/mol. The van der Waals surface area contributed by atoms with Gasteiger partial charge in [0.1, 0.15) is 11.3 Å². The van der Waals surface area contributed by atoms with Gasteiger partial charge in [-0.25, -0.2) is 9.78 Å². The molecule has 2 aromatic carbocycles. The number of ether oxygens (including phenoxy) is 1. The van der Waals surface area contributed by atoms with Crippen LogP contribution in [-0.2, 0) is 13.6 Å². The Labute approximate surface area is 250 Å². The Morgan fingerprint density at radius 3 is 2.74 bits per heavy atom. The molecule has 0 radical (unpaired) electrons. The Hall–Kier alpha value is -4.25. The largest absolute Gasteiger partial charge is 0.494 e. The molecule has 1 saturated carbocycles. The summed E-state index contributed by atoms with van der Waals surface area (Å²) in [5.41, 5.74) is 11.7. The maximum atomic E-state index is 13.4. The van der Waals surface area contributed by atoms with Crippen molar-refractivity contribution in [3.8, 4) is 17.3 Å². The Balaban J connectivity index is 1.17. The van der Waals surface area contributed by atoms with E-state index in [1.54, 1.807) is 7.11 Å². The van der Waals surface area contributed by atoms with Crippen LogP contribution < -0.4 is 26.0 Å². The molecule has 1 saturated heterocycles. The Morgan fingerprint density at radius 1 is 1.09 bits per heavy atom. The van der Waals surface area contributed by atoms with Crippen LogP contribution in [0.2, 0.25) is 0 Å². The van der Waals surface area contributed by atoms with Crippen LogP contribution in [0.15, 0.2) is 36.4 Å². The van der Waals surface area contributed by atoms with E-state index in [0.717, 1.165) is 79.7 Å². The van der Waals surface area contributed by atoms with Crippen LogP contribution in [0.4, 0.5) is 10.5 Å². The van der Waals surface area contributed by atoms with Gasteiger partial charge in [0.25, 0.3) is 5.91 Å². The molecule has 7 rings (SSSR count). The lowest BCUT2D eigenvalue weighted by molar-refractivity contribution is 0.0708. The van der Waals surface area contributed by atoms with Crippen LogP contribution in [-0.4, -0.2) is 82.9 Å². The number of hydrogen-bond donors (Lipinski definition) is 3. The number of likely N-dealkylation sites (tertiary alicyclic amines) is 1. The molecule has 1 atom stereocenters. The minimum Gasteiger partial charge on any atom is -0.494 e. The third-order valence-corrected chi connectivity index (χ3v) is 9.01. The summed E-state index contributed by atoms with van der Waals surface area (Å²) in [4.78, 5) is 34.8. The number of carbonyl (C=O) groups excluding carboxylic acids is 2. The molecule has 0 bridgehead atoms. The maximum Gasteiger partial charge on any atom is 0.315 e. The average Bonchev–Trinajstić information content (AvgIpc) is 3.66.